The van der Waals surface area contributed by atoms with Gasteiger partial charge in [-0.15, -0.1) is 0 Å². The lowest BCUT2D eigenvalue weighted by Crippen LogP contribution is -2.53. The summed E-state index contributed by atoms with van der Waals surface area (Å²) < 4.78 is 21.0. The fourth-order valence-corrected chi connectivity index (χ4v) is 1.82. The van der Waals surface area contributed by atoms with E-state index in [1.165, 1.54) is 0 Å². The third-order valence-electron chi connectivity index (χ3n) is 3.00. The van der Waals surface area contributed by atoms with Gasteiger partial charge >= 0.3 is 17.9 Å². The Labute approximate surface area is 123 Å². The van der Waals surface area contributed by atoms with Crippen molar-refractivity contribution in [3.8, 4) is 0 Å². The van der Waals surface area contributed by atoms with Crippen molar-refractivity contribution < 1.29 is 33.3 Å². The third-order valence-corrected chi connectivity index (χ3v) is 3.00. The molecule has 0 N–H and O–H groups in total. The molecule has 0 amide bonds. The van der Waals surface area contributed by atoms with Crippen molar-refractivity contribution in [1.29, 1.82) is 0 Å². The number of hydrogen-bond acceptors (Lipinski definition) is 7. The first kappa shape index (κ1) is 17.4. The van der Waals surface area contributed by atoms with Gasteiger partial charge in [0, 0.05) is 19.3 Å². The van der Waals surface area contributed by atoms with Crippen LogP contribution in [0.5, 0.6) is 0 Å². The first-order chi connectivity index (χ1) is 10.0. The zero-order chi connectivity index (χ0) is 15.8. The van der Waals surface area contributed by atoms with E-state index in [4.69, 9.17) is 18.9 Å². The molecule has 0 aromatic heterocycles. The number of carbonyl (C=O) groups is 3. The SMILES string of the molecule is CCC(=O)OC1[C@H](OC(=O)CC)COC[C@H]1OC(=O)CC. The molecule has 1 heterocycles. The van der Waals surface area contributed by atoms with Crippen LogP contribution in [0.15, 0.2) is 0 Å². The lowest BCUT2D eigenvalue weighted by Gasteiger charge is -2.36. The fourth-order valence-electron chi connectivity index (χ4n) is 1.82. The van der Waals surface area contributed by atoms with Crippen molar-refractivity contribution in [2.24, 2.45) is 0 Å². The molecule has 0 bridgehead atoms. The molecule has 1 aliphatic rings. The molecule has 21 heavy (non-hydrogen) atoms. The summed E-state index contributed by atoms with van der Waals surface area (Å²) in [7, 11) is 0. The highest BCUT2D eigenvalue weighted by molar-refractivity contribution is 5.71. The topological polar surface area (TPSA) is 88.1 Å². The summed E-state index contributed by atoms with van der Waals surface area (Å²) in [4.78, 5) is 34.4. The minimum absolute atomic E-state index is 0.105. The number of hydrogen-bond donors (Lipinski definition) is 0. The maximum Gasteiger partial charge on any atom is 0.306 e. The third kappa shape index (κ3) is 5.34. The Balaban J connectivity index is 2.81. The Kier molecular flexibility index (Phi) is 7.14. The van der Waals surface area contributed by atoms with E-state index >= 15 is 0 Å². The van der Waals surface area contributed by atoms with Crippen LogP contribution in [0.3, 0.4) is 0 Å². The quantitative estimate of drug-likeness (QED) is 0.534. The van der Waals surface area contributed by atoms with Crippen LogP contribution in [0.25, 0.3) is 0 Å². The number of carbonyl (C=O) groups excluding carboxylic acids is 3. The molecule has 7 nitrogen and oxygen atoms in total. The van der Waals surface area contributed by atoms with E-state index in [9.17, 15) is 14.4 Å². The van der Waals surface area contributed by atoms with Crippen molar-refractivity contribution in [3.63, 3.8) is 0 Å². The summed E-state index contributed by atoms with van der Waals surface area (Å²) in [6, 6.07) is 0. The van der Waals surface area contributed by atoms with Crippen LogP contribution in [-0.4, -0.2) is 49.4 Å². The van der Waals surface area contributed by atoms with Gasteiger partial charge in [-0.1, -0.05) is 20.8 Å². The first-order valence-corrected chi connectivity index (χ1v) is 7.17. The molecule has 1 aliphatic heterocycles. The minimum Gasteiger partial charge on any atom is -0.456 e. The van der Waals surface area contributed by atoms with Gasteiger partial charge in [0.15, 0.2) is 18.3 Å². The van der Waals surface area contributed by atoms with Gasteiger partial charge in [-0.05, 0) is 0 Å². The molecular formula is C14H22O7. The zero-order valence-electron chi connectivity index (χ0n) is 12.6. The van der Waals surface area contributed by atoms with E-state index in [2.05, 4.69) is 0 Å². The summed E-state index contributed by atoms with van der Waals surface area (Å²) >= 11 is 0. The van der Waals surface area contributed by atoms with Gasteiger partial charge in [0.2, 0.25) is 0 Å². The van der Waals surface area contributed by atoms with Crippen LogP contribution in [0.2, 0.25) is 0 Å². The molecule has 0 unspecified atom stereocenters. The van der Waals surface area contributed by atoms with E-state index in [0.29, 0.717) is 0 Å². The Bertz CT molecular complexity index is 354. The summed E-state index contributed by atoms with van der Waals surface area (Å²) in [5.41, 5.74) is 0. The lowest BCUT2D eigenvalue weighted by molar-refractivity contribution is -0.210. The smallest absolute Gasteiger partial charge is 0.306 e. The van der Waals surface area contributed by atoms with Crippen LogP contribution in [-0.2, 0) is 33.3 Å². The summed E-state index contributed by atoms with van der Waals surface area (Å²) in [5.74, 6) is -1.30. The van der Waals surface area contributed by atoms with E-state index in [1.807, 2.05) is 0 Å². The van der Waals surface area contributed by atoms with Gasteiger partial charge in [0.25, 0.3) is 0 Å². The molecule has 0 spiro atoms. The standard InChI is InChI=1S/C14H22O7/c1-4-11(15)19-9-7-18-8-10(20-12(16)5-2)14(9)21-13(17)6-3/h9-10,14H,4-8H2,1-3H3/t9-,10-/m1/s1. The molecule has 1 rings (SSSR count). The minimum atomic E-state index is -0.836. The Morgan fingerprint density at radius 1 is 0.810 bits per heavy atom. The molecule has 120 valence electrons. The highest BCUT2D eigenvalue weighted by atomic mass is 16.6. The number of rotatable bonds is 6. The van der Waals surface area contributed by atoms with Gasteiger partial charge in [0.05, 0.1) is 13.2 Å². The van der Waals surface area contributed by atoms with Gasteiger partial charge in [-0.2, -0.15) is 0 Å². The largest absolute Gasteiger partial charge is 0.456 e. The number of esters is 3. The van der Waals surface area contributed by atoms with Crippen molar-refractivity contribution in [1.82, 2.24) is 0 Å². The van der Waals surface area contributed by atoms with Crippen molar-refractivity contribution in [2.45, 2.75) is 58.3 Å². The Morgan fingerprint density at radius 2 is 1.19 bits per heavy atom. The van der Waals surface area contributed by atoms with Crippen LogP contribution < -0.4 is 0 Å². The molecule has 0 radical (unpaired) electrons. The van der Waals surface area contributed by atoms with E-state index in [-0.39, 0.29) is 32.5 Å². The van der Waals surface area contributed by atoms with Crippen molar-refractivity contribution in [2.75, 3.05) is 13.2 Å². The van der Waals surface area contributed by atoms with Crippen LogP contribution >= 0.6 is 0 Å². The first-order valence-electron chi connectivity index (χ1n) is 7.17. The average Bonchev–Trinajstić information content (AvgIpc) is 2.49. The maximum atomic E-state index is 11.5. The van der Waals surface area contributed by atoms with Gasteiger partial charge in [0.1, 0.15) is 0 Å². The highest BCUT2D eigenvalue weighted by Gasteiger charge is 2.41. The van der Waals surface area contributed by atoms with E-state index in [1.54, 1.807) is 20.8 Å². The van der Waals surface area contributed by atoms with Crippen LogP contribution in [0, 0.1) is 0 Å². The zero-order valence-corrected chi connectivity index (χ0v) is 12.6. The van der Waals surface area contributed by atoms with Crippen LogP contribution in [0.4, 0.5) is 0 Å². The normalized spacial score (nSPS) is 22.4. The van der Waals surface area contributed by atoms with Gasteiger partial charge in [-0.25, -0.2) is 0 Å². The maximum absolute atomic E-state index is 11.5. The van der Waals surface area contributed by atoms with Crippen molar-refractivity contribution >= 4 is 17.9 Å². The molecule has 0 aliphatic carbocycles. The van der Waals surface area contributed by atoms with Crippen molar-refractivity contribution in [3.05, 3.63) is 0 Å². The monoisotopic (exact) mass is 302 g/mol. The van der Waals surface area contributed by atoms with Gasteiger partial charge < -0.3 is 18.9 Å². The van der Waals surface area contributed by atoms with Crippen LogP contribution in [0.1, 0.15) is 40.0 Å². The predicted octanol–water partition coefficient (Wildman–Crippen LogP) is 0.982. The summed E-state index contributed by atoms with van der Waals surface area (Å²) in [6.45, 7) is 5.18. The Hall–Kier alpha value is -1.63. The molecule has 0 saturated carbocycles. The van der Waals surface area contributed by atoms with E-state index in [0.717, 1.165) is 0 Å². The molecule has 0 aromatic rings. The lowest BCUT2D eigenvalue weighted by atomic mass is 10.1. The second kappa shape index (κ2) is 8.61. The fraction of sp³-hybridized carbons (Fsp3) is 0.786. The number of ether oxygens (including phenoxy) is 4. The van der Waals surface area contributed by atoms with Gasteiger partial charge in [-0.3, -0.25) is 14.4 Å². The molecular weight excluding hydrogens is 280 g/mol. The molecule has 0 aromatic carbocycles. The molecule has 1 fully saturated rings. The average molecular weight is 302 g/mol. The predicted molar refractivity (Wildman–Crippen MR) is 71.3 cm³/mol. The second-order valence-corrected chi connectivity index (χ2v) is 4.61. The second-order valence-electron chi connectivity index (χ2n) is 4.61. The molecule has 1 saturated heterocycles. The molecule has 2 atom stereocenters. The molecule has 7 heteroatoms. The highest BCUT2D eigenvalue weighted by Crippen LogP contribution is 2.20. The van der Waals surface area contributed by atoms with E-state index < -0.39 is 36.2 Å². The summed E-state index contributed by atoms with van der Waals surface area (Å²) in [5, 5.41) is 0. The Morgan fingerprint density at radius 3 is 1.57 bits per heavy atom. The summed E-state index contributed by atoms with van der Waals surface area (Å²) in [6.07, 6.45) is -1.79.